The largest absolute Gasteiger partial charge is 0.494 e. The van der Waals surface area contributed by atoms with Gasteiger partial charge in [0.15, 0.2) is 0 Å². The van der Waals surface area contributed by atoms with E-state index in [1.807, 2.05) is 6.08 Å². The molecule has 0 heterocycles. The minimum absolute atomic E-state index is 0.00296. The summed E-state index contributed by atoms with van der Waals surface area (Å²) in [5.41, 5.74) is 0.916. The maximum absolute atomic E-state index is 12.6. The first-order valence-corrected chi connectivity index (χ1v) is 15.5. The maximum atomic E-state index is 12.6. The van der Waals surface area contributed by atoms with Crippen LogP contribution in [0, 0.1) is 5.92 Å². The van der Waals surface area contributed by atoms with Crippen molar-refractivity contribution in [3.05, 3.63) is 72.3 Å². The summed E-state index contributed by atoms with van der Waals surface area (Å²) in [4.78, 5) is 25.2. The number of allylic oxidation sites excluding steroid dienone is 1. The summed E-state index contributed by atoms with van der Waals surface area (Å²) < 4.78 is 17.1. The smallest absolute Gasteiger partial charge is 0.343 e. The molecule has 0 N–H and O–H groups in total. The molecule has 218 valence electrons. The molecule has 1 aliphatic rings. The minimum atomic E-state index is -0.450. The SMILES string of the molecule is C=CCCCCCCCCOc1ccc(C(=O)Oc2ccc(C(=O)OC3CCC(CCCCC)CC3)cc2)cc1. The molecule has 0 aromatic heterocycles. The summed E-state index contributed by atoms with van der Waals surface area (Å²) in [6, 6.07) is 13.6. The lowest BCUT2D eigenvalue weighted by Crippen LogP contribution is -2.24. The Balaban J connectivity index is 1.34. The Morgan fingerprint density at radius 3 is 2.00 bits per heavy atom. The highest BCUT2D eigenvalue weighted by molar-refractivity contribution is 5.92. The number of hydrogen-bond donors (Lipinski definition) is 0. The van der Waals surface area contributed by atoms with Crippen molar-refractivity contribution in [1.29, 1.82) is 0 Å². The van der Waals surface area contributed by atoms with Crippen LogP contribution < -0.4 is 9.47 Å². The van der Waals surface area contributed by atoms with Crippen LogP contribution in [0.15, 0.2) is 61.2 Å². The Bertz CT molecular complexity index is 1000. The maximum Gasteiger partial charge on any atom is 0.343 e. The number of rotatable bonds is 18. The number of carbonyl (C=O) groups excluding carboxylic acids is 2. The second-order valence-electron chi connectivity index (χ2n) is 11.0. The molecular weight excluding hydrogens is 500 g/mol. The first-order valence-electron chi connectivity index (χ1n) is 15.5. The molecule has 1 aliphatic carbocycles. The molecule has 0 bridgehead atoms. The second-order valence-corrected chi connectivity index (χ2v) is 11.0. The van der Waals surface area contributed by atoms with Gasteiger partial charge in [-0.2, -0.15) is 0 Å². The number of esters is 2. The average molecular weight is 549 g/mol. The lowest BCUT2D eigenvalue weighted by Gasteiger charge is -2.28. The Morgan fingerprint density at radius 2 is 1.35 bits per heavy atom. The topological polar surface area (TPSA) is 61.8 Å². The number of unbranched alkanes of at least 4 members (excludes halogenated alkanes) is 8. The van der Waals surface area contributed by atoms with Crippen molar-refractivity contribution in [1.82, 2.24) is 0 Å². The van der Waals surface area contributed by atoms with E-state index < -0.39 is 5.97 Å². The molecule has 0 amide bonds. The molecule has 2 aromatic carbocycles. The van der Waals surface area contributed by atoms with Gasteiger partial charge in [-0.3, -0.25) is 0 Å². The number of benzene rings is 2. The quantitative estimate of drug-likeness (QED) is 0.0803. The molecule has 0 radical (unpaired) electrons. The standard InChI is InChI=1S/C35H48O5/c1-3-5-7-8-9-10-11-13-27-38-31-23-17-29(18-24-31)34(36)40-33-25-19-30(20-26-33)35(37)39-32-21-15-28(16-22-32)14-12-6-4-2/h3,17-20,23-26,28,32H,1,4-16,21-22,27H2,2H3. The molecule has 0 saturated heterocycles. The van der Waals surface area contributed by atoms with E-state index in [1.165, 1.54) is 51.4 Å². The lowest BCUT2D eigenvalue weighted by molar-refractivity contribution is 0.0161. The van der Waals surface area contributed by atoms with E-state index in [1.54, 1.807) is 48.5 Å². The molecule has 0 spiro atoms. The normalized spacial score (nSPS) is 16.7. The highest BCUT2D eigenvalue weighted by Crippen LogP contribution is 2.30. The van der Waals surface area contributed by atoms with Crippen LogP contribution >= 0.6 is 0 Å². The average Bonchev–Trinajstić information content (AvgIpc) is 2.98. The van der Waals surface area contributed by atoms with Gasteiger partial charge in [0.2, 0.25) is 0 Å². The summed E-state index contributed by atoms with van der Waals surface area (Å²) in [6.07, 6.45) is 19.6. The van der Waals surface area contributed by atoms with Crippen LogP contribution in [0.3, 0.4) is 0 Å². The van der Waals surface area contributed by atoms with Gasteiger partial charge in [-0.15, -0.1) is 6.58 Å². The molecule has 40 heavy (non-hydrogen) atoms. The third-order valence-corrected chi connectivity index (χ3v) is 7.75. The molecule has 3 rings (SSSR count). The fourth-order valence-electron chi connectivity index (χ4n) is 5.24. The van der Waals surface area contributed by atoms with E-state index in [4.69, 9.17) is 14.2 Å². The molecule has 5 heteroatoms. The van der Waals surface area contributed by atoms with Crippen LogP contribution in [-0.4, -0.2) is 24.6 Å². The second kappa shape index (κ2) is 18.3. The van der Waals surface area contributed by atoms with Gasteiger partial charge in [-0.25, -0.2) is 9.59 Å². The van der Waals surface area contributed by atoms with Crippen molar-refractivity contribution < 1.29 is 23.8 Å². The van der Waals surface area contributed by atoms with Crippen LogP contribution in [0.1, 0.15) is 124 Å². The van der Waals surface area contributed by atoms with E-state index in [0.29, 0.717) is 23.5 Å². The Labute approximate surface area is 241 Å². The summed E-state index contributed by atoms with van der Waals surface area (Å²) >= 11 is 0. The molecule has 5 nitrogen and oxygen atoms in total. The third kappa shape index (κ3) is 11.6. The molecule has 0 aliphatic heterocycles. The Morgan fingerprint density at radius 1 is 0.750 bits per heavy atom. The van der Waals surface area contributed by atoms with Crippen molar-refractivity contribution in [3.63, 3.8) is 0 Å². The van der Waals surface area contributed by atoms with Crippen molar-refractivity contribution in [3.8, 4) is 11.5 Å². The molecule has 1 saturated carbocycles. The summed E-state index contributed by atoms with van der Waals surface area (Å²) in [6.45, 7) is 6.66. The van der Waals surface area contributed by atoms with E-state index in [0.717, 1.165) is 56.6 Å². The molecule has 0 unspecified atom stereocenters. The van der Waals surface area contributed by atoms with Crippen molar-refractivity contribution >= 4 is 11.9 Å². The van der Waals surface area contributed by atoms with E-state index in [9.17, 15) is 9.59 Å². The monoisotopic (exact) mass is 548 g/mol. The van der Waals surface area contributed by atoms with E-state index in [2.05, 4.69) is 13.5 Å². The van der Waals surface area contributed by atoms with Crippen LogP contribution in [0.2, 0.25) is 0 Å². The molecule has 0 atom stereocenters. The van der Waals surface area contributed by atoms with Gasteiger partial charge in [-0.1, -0.05) is 64.4 Å². The number of hydrogen-bond acceptors (Lipinski definition) is 5. The number of ether oxygens (including phenoxy) is 3. The summed E-state index contributed by atoms with van der Waals surface area (Å²) in [7, 11) is 0. The predicted molar refractivity (Wildman–Crippen MR) is 161 cm³/mol. The van der Waals surface area contributed by atoms with Gasteiger partial charge in [-0.05, 0) is 99.4 Å². The predicted octanol–water partition coefficient (Wildman–Crippen LogP) is 9.50. The van der Waals surface area contributed by atoms with Crippen LogP contribution in [0.25, 0.3) is 0 Å². The Kier molecular flexibility index (Phi) is 14.4. The van der Waals surface area contributed by atoms with Crippen LogP contribution in [0.5, 0.6) is 11.5 Å². The first kappa shape index (κ1) is 31.4. The van der Waals surface area contributed by atoms with E-state index in [-0.39, 0.29) is 12.1 Å². The van der Waals surface area contributed by atoms with Gasteiger partial charge >= 0.3 is 11.9 Å². The van der Waals surface area contributed by atoms with Crippen LogP contribution in [0.4, 0.5) is 0 Å². The van der Waals surface area contributed by atoms with E-state index >= 15 is 0 Å². The first-order chi connectivity index (χ1) is 19.6. The highest BCUT2D eigenvalue weighted by atomic mass is 16.5. The zero-order valence-electron chi connectivity index (χ0n) is 24.4. The van der Waals surface area contributed by atoms with Gasteiger partial charge in [0.05, 0.1) is 17.7 Å². The fourth-order valence-corrected chi connectivity index (χ4v) is 5.24. The van der Waals surface area contributed by atoms with Crippen molar-refractivity contribution in [2.45, 2.75) is 109 Å². The fraction of sp³-hybridized carbons (Fsp3) is 0.543. The van der Waals surface area contributed by atoms with Gasteiger partial charge in [0.1, 0.15) is 17.6 Å². The van der Waals surface area contributed by atoms with Crippen molar-refractivity contribution in [2.24, 2.45) is 5.92 Å². The lowest BCUT2D eigenvalue weighted by atomic mass is 9.84. The van der Waals surface area contributed by atoms with Gasteiger partial charge in [0, 0.05) is 0 Å². The molecule has 1 fully saturated rings. The molecular formula is C35H48O5. The zero-order chi connectivity index (χ0) is 28.4. The highest BCUT2D eigenvalue weighted by Gasteiger charge is 2.24. The third-order valence-electron chi connectivity index (χ3n) is 7.75. The number of carbonyl (C=O) groups is 2. The molecule has 2 aromatic rings. The Hall–Kier alpha value is -3.08. The summed E-state index contributed by atoms with van der Waals surface area (Å²) in [5, 5.41) is 0. The van der Waals surface area contributed by atoms with Crippen molar-refractivity contribution in [2.75, 3.05) is 6.61 Å². The summed E-state index contributed by atoms with van der Waals surface area (Å²) in [5.74, 6) is 1.14. The van der Waals surface area contributed by atoms with Gasteiger partial charge in [0.25, 0.3) is 0 Å². The zero-order valence-corrected chi connectivity index (χ0v) is 24.4. The van der Waals surface area contributed by atoms with Crippen LogP contribution in [-0.2, 0) is 4.74 Å². The minimum Gasteiger partial charge on any atom is -0.494 e. The van der Waals surface area contributed by atoms with Gasteiger partial charge < -0.3 is 14.2 Å².